The summed E-state index contributed by atoms with van der Waals surface area (Å²) < 4.78 is 3.58. The van der Waals surface area contributed by atoms with Gasteiger partial charge in [-0.2, -0.15) is 0 Å². The Morgan fingerprint density at radius 2 is 2.40 bits per heavy atom. The lowest BCUT2D eigenvalue weighted by molar-refractivity contribution is -0.120. The van der Waals surface area contributed by atoms with Crippen molar-refractivity contribution in [2.45, 2.75) is 31.7 Å². The average Bonchev–Trinajstić information content (AvgIpc) is 2.70. The molecule has 0 radical (unpaired) electrons. The Morgan fingerprint density at radius 3 is 3.07 bits per heavy atom. The predicted molar refractivity (Wildman–Crippen MR) is 56.3 cm³/mol. The minimum Gasteiger partial charge on any atom is -0.328 e. The van der Waals surface area contributed by atoms with Crippen LogP contribution in [0.15, 0.2) is 0 Å². The molecule has 0 spiro atoms. The Kier molecular flexibility index (Phi) is 3.22. The fourth-order valence-electron chi connectivity index (χ4n) is 1.86. The maximum atomic E-state index is 11.8. The third kappa shape index (κ3) is 2.69. The molecule has 82 valence electrons. The highest BCUT2D eigenvalue weighted by Gasteiger charge is 2.25. The Bertz CT molecular complexity index is 328. The van der Waals surface area contributed by atoms with Crippen LogP contribution in [0.3, 0.4) is 0 Å². The van der Waals surface area contributed by atoms with Gasteiger partial charge in [0.15, 0.2) is 0 Å². The minimum absolute atomic E-state index is 0.0105. The molecule has 0 aliphatic heterocycles. The number of carbonyl (C=O) groups excluding carboxylic acids is 1. The number of nitrogens with zero attached hydrogens (tertiary/aromatic N) is 3. The van der Waals surface area contributed by atoms with Gasteiger partial charge in [-0.1, -0.05) is 16.0 Å². The molecule has 1 aliphatic carbocycles. The summed E-state index contributed by atoms with van der Waals surface area (Å²) in [6.45, 7) is 0. The third-order valence-electron chi connectivity index (χ3n) is 2.62. The van der Waals surface area contributed by atoms with Crippen molar-refractivity contribution in [1.82, 2.24) is 14.8 Å². The first-order valence-corrected chi connectivity index (χ1v) is 5.74. The van der Waals surface area contributed by atoms with E-state index in [1.165, 1.54) is 0 Å². The summed E-state index contributed by atoms with van der Waals surface area (Å²) in [6.07, 6.45) is 3.71. The van der Waals surface area contributed by atoms with Crippen molar-refractivity contribution >= 4 is 22.6 Å². The second-order valence-corrected chi connectivity index (χ2v) is 4.51. The molecular weight excluding hydrogens is 214 g/mol. The van der Waals surface area contributed by atoms with E-state index in [0.717, 1.165) is 37.2 Å². The van der Waals surface area contributed by atoms with Crippen molar-refractivity contribution < 1.29 is 4.79 Å². The molecular formula is C8H13N5OS. The van der Waals surface area contributed by atoms with Crippen LogP contribution in [-0.2, 0) is 4.79 Å². The molecule has 2 rings (SSSR count). The van der Waals surface area contributed by atoms with Crippen LogP contribution < -0.4 is 11.1 Å². The van der Waals surface area contributed by atoms with E-state index in [-0.39, 0.29) is 17.9 Å². The fraction of sp³-hybridized carbons (Fsp3) is 0.750. The van der Waals surface area contributed by atoms with Gasteiger partial charge in [-0.25, -0.2) is 0 Å². The highest BCUT2D eigenvalue weighted by atomic mass is 32.1. The lowest BCUT2D eigenvalue weighted by Gasteiger charge is -2.24. The molecule has 1 aromatic rings. The number of hydrogen-bond donors (Lipinski definition) is 2. The van der Waals surface area contributed by atoms with Gasteiger partial charge >= 0.3 is 0 Å². The molecule has 1 fully saturated rings. The Hall–Kier alpha value is -1.08. The van der Waals surface area contributed by atoms with Crippen molar-refractivity contribution in [3.8, 4) is 0 Å². The van der Waals surface area contributed by atoms with Crippen LogP contribution in [0.1, 0.15) is 25.7 Å². The number of amides is 1. The van der Waals surface area contributed by atoms with E-state index < -0.39 is 0 Å². The monoisotopic (exact) mass is 227 g/mol. The van der Waals surface area contributed by atoms with E-state index in [1.807, 2.05) is 0 Å². The van der Waals surface area contributed by atoms with E-state index in [0.29, 0.717) is 5.13 Å². The molecule has 2 atom stereocenters. The van der Waals surface area contributed by atoms with Gasteiger partial charge < -0.3 is 5.73 Å². The van der Waals surface area contributed by atoms with E-state index in [4.69, 9.17) is 5.73 Å². The van der Waals surface area contributed by atoms with Gasteiger partial charge in [0.25, 0.3) is 0 Å². The topological polar surface area (TPSA) is 93.8 Å². The maximum absolute atomic E-state index is 11.8. The lowest BCUT2D eigenvalue weighted by atomic mass is 9.86. The van der Waals surface area contributed by atoms with Gasteiger partial charge in [-0.3, -0.25) is 10.1 Å². The normalized spacial score (nSPS) is 26.2. The first kappa shape index (κ1) is 10.4. The van der Waals surface area contributed by atoms with Gasteiger partial charge in [0, 0.05) is 23.5 Å². The maximum Gasteiger partial charge on any atom is 0.231 e. The molecule has 3 N–H and O–H groups in total. The summed E-state index contributed by atoms with van der Waals surface area (Å²) in [7, 11) is 0. The second-order valence-electron chi connectivity index (χ2n) is 3.78. The molecule has 1 amide bonds. The smallest absolute Gasteiger partial charge is 0.231 e. The number of hydrogen-bond acceptors (Lipinski definition) is 6. The van der Waals surface area contributed by atoms with Crippen LogP contribution in [0.25, 0.3) is 0 Å². The fourth-order valence-corrected chi connectivity index (χ4v) is 2.22. The first-order chi connectivity index (χ1) is 7.25. The van der Waals surface area contributed by atoms with Crippen LogP contribution in [0.4, 0.5) is 5.13 Å². The third-order valence-corrected chi connectivity index (χ3v) is 3.13. The molecule has 7 heteroatoms. The second kappa shape index (κ2) is 4.63. The summed E-state index contributed by atoms with van der Waals surface area (Å²) in [5.41, 5.74) is 5.82. The number of aromatic nitrogens is 3. The van der Waals surface area contributed by atoms with E-state index in [9.17, 15) is 4.79 Å². The van der Waals surface area contributed by atoms with Gasteiger partial charge in [-0.05, 0) is 24.5 Å². The highest BCUT2D eigenvalue weighted by Crippen LogP contribution is 2.24. The molecule has 0 bridgehead atoms. The SMILES string of the molecule is NC1CCCC(C(=O)Nc2nnns2)C1. The molecule has 1 aromatic heterocycles. The average molecular weight is 227 g/mol. The number of nitrogens with one attached hydrogen (secondary N) is 1. The van der Waals surface area contributed by atoms with Crippen molar-refractivity contribution in [2.75, 3.05) is 5.32 Å². The summed E-state index contributed by atoms with van der Waals surface area (Å²) in [6, 6.07) is 0.155. The zero-order valence-corrected chi connectivity index (χ0v) is 9.04. The predicted octanol–water partition coefficient (Wildman–Crippen LogP) is 0.389. The zero-order chi connectivity index (χ0) is 10.7. The van der Waals surface area contributed by atoms with Crippen molar-refractivity contribution in [3.05, 3.63) is 0 Å². The molecule has 1 aliphatic rings. The molecule has 15 heavy (non-hydrogen) atoms. The van der Waals surface area contributed by atoms with Gasteiger partial charge in [0.1, 0.15) is 0 Å². The minimum atomic E-state index is -0.0105. The van der Waals surface area contributed by atoms with Gasteiger partial charge in [0.2, 0.25) is 11.0 Å². The highest BCUT2D eigenvalue weighted by molar-refractivity contribution is 7.09. The quantitative estimate of drug-likeness (QED) is 0.762. The largest absolute Gasteiger partial charge is 0.328 e. The standard InChI is InChI=1S/C8H13N5OS/c9-6-3-1-2-5(4-6)7(14)10-8-11-12-13-15-8/h5-6H,1-4,9H2,(H,10,11,13,14). The molecule has 2 unspecified atom stereocenters. The summed E-state index contributed by atoms with van der Waals surface area (Å²) in [5.74, 6) is 0.00125. The molecule has 6 nitrogen and oxygen atoms in total. The van der Waals surface area contributed by atoms with Crippen LogP contribution >= 0.6 is 11.5 Å². The summed E-state index contributed by atoms with van der Waals surface area (Å²) in [5, 5.41) is 10.2. The molecule has 1 saturated carbocycles. The van der Waals surface area contributed by atoms with Gasteiger partial charge in [-0.15, -0.1) is 0 Å². The first-order valence-electron chi connectivity index (χ1n) is 4.97. The van der Waals surface area contributed by atoms with Crippen LogP contribution in [-0.4, -0.2) is 26.7 Å². The van der Waals surface area contributed by atoms with Crippen LogP contribution in [0.5, 0.6) is 0 Å². The van der Waals surface area contributed by atoms with E-state index in [1.54, 1.807) is 0 Å². The van der Waals surface area contributed by atoms with Gasteiger partial charge in [0.05, 0.1) is 0 Å². The van der Waals surface area contributed by atoms with E-state index in [2.05, 4.69) is 20.1 Å². The Morgan fingerprint density at radius 1 is 1.53 bits per heavy atom. The van der Waals surface area contributed by atoms with Crippen LogP contribution in [0, 0.1) is 5.92 Å². The Balaban J connectivity index is 1.90. The number of anilines is 1. The van der Waals surface area contributed by atoms with Crippen molar-refractivity contribution in [2.24, 2.45) is 11.7 Å². The number of carbonyl (C=O) groups is 1. The lowest BCUT2D eigenvalue weighted by Crippen LogP contribution is -2.34. The van der Waals surface area contributed by atoms with E-state index >= 15 is 0 Å². The summed E-state index contributed by atoms with van der Waals surface area (Å²) >= 11 is 1.08. The zero-order valence-electron chi connectivity index (χ0n) is 8.22. The summed E-state index contributed by atoms with van der Waals surface area (Å²) in [4.78, 5) is 11.8. The molecule has 1 heterocycles. The van der Waals surface area contributed by atoms with Crippen molar-refractivity contribution in [3.63, 3.8) is 0 Å². The Labute approximate surface area is 91.4 Å². The molecule has 0 aromatic carbocycles. The van der Waals surface area contributed by atoms with Crippen molar-refractivity contribution in [1.29, 1.82) is 0 Å². The number of rotatable bonds is 2. The molecule has 0 saturated heterocycles. The van der Waals surface area contributed by atoms with Crippen LogP contribution in [0.2, 0.25) is 0 Å². The number of nitrogens with two attached hydrogens (primary N) is 1.